The number of amides is 2. The van der Waals surface area contributed by atoms with Crippen LogP contribution in [0.15, 0.2) is 83.8 Å². The Morgan fingerprint density at radius 2 is 1.66 bits per heavy atom. The van der Waals surface area contributed by atoms with Gasteiger partial charge in [-0.25, -0.2) is 8.42 Å². The van der Waals surface area contributed by atoms with Gasteiger partial charge in [-0.1, -0.05) is 54.1 Å². The second-order valence-electron chi connectivity index (χ2n) is 8.68. The van der Waals surface area contributed by atoms with E-state index in [-0.39, 0.29) is 28.7 Å². The number of nitrogens with one attached hydrogen (secondary N) is 1. The number of aryl methyl sites for hydroxylation is 1. The van der Waals surface area contributed by atoms with Crippen LogP contribution < -0.4 is 9.62 Å². The fourth-order valence-electron chi connectivity index (χ4n) is 3.80. The smallest absolute Gasteiger partial charge is 0.271 e. The number of nitro benzene ring substituents is 1. The minimum absolute atomic E-state index is 0.0441. The fraction of sp³-hybridized carbons (Fsp3) is 0.259. The molecule has 0 saturated carbocycles. The number of likely N-dealkylation sites (N-methyl/N-ethyl adjacent to an activating group) is 1. The van der Waals surface area contributed by atoms with E-state index in [1.165, 1.54) is 35.2 Å². The number of hydrogen-bond donors (Lipinski definition) is 1. The molecule has 0 spiro atoms. The zero-order chi connectivity index (χ0) is 27.9. The Kier molecular flexibility index (Phi) is 9.19. The molecular formula is C27H30N4O6S. The summed E-state index contributed by atoms with van der Waals surface area (Å²) in [7, 11) is -4.30. The van der Waals surface area contributed by atoms with Crippen LogP contribution in [0.4, 0.5) is 11.4 Å². The van der Waals surface area contributed by atoms with Crippen LogP contribution in [0.25, 0.3) is 0 Å². The van der Waals surface area contributed by atoms with Crippen molar-refractivity contribution in [2.45, 2.75) is 38.3 Å². The zero-order valence-electron chi connectivity index (χ0n) is 21.4. The van der Waals surface area contributed by atoms with E-state index in [1.54, 1.807) is 32.0 Å². The third kappa shape index (κ3) is 6.74. The van der Waals surface area contributed by atoms with E-state index in [9.17, 15) is 28.1 Å². The molecule has 0 aliphatic carbocycles. The van der Waals surface area contributed by atoms with Gasteiger partial charge < -0.3 is 10.2 Å². The average molecular weight is 539 g/mol. The minimum atomic E-state index is -4.30. The molecule has 0 aliphatic heterocycles. The molecule has 1 atom stereocenters. The molecule has 0 bridgehead atoms. The van der Waals surface area contributed by atoms with Gasteiger partial charge in [-0.05, 0) is 44.5 Å². The number of carbonyl (C=O) groups is 2. The first-order valence-electron chi connectivity index (χ1n) is 12.0. The van der Waals surface area contributed by atoms with Crippen LogP contribution in [-0.4, -0.2) is 49.2 Å². The normalized spacial score (nSPS) is 11.9. The quantitative estimate of drug-likeness (QED) is 0.293. The van der Waals surface area contributed by atoms with Crippen LogP contribution in [0, 0.1) is 17.0 Å². The van der Waals surface area contributed by atoms with Gasteiger partial charge in [0.05, 0.1) is 15.5 Å². The number of carbonyl (C=O) groups excluding carboxylic acids is 2. The molecule has 0 heterocycles. The molecular weight excluding hydrogens is 508 g/mol. The van der Waals surface area contributed by atoms with E-state index in [1.807, 2.05) is 31.2 Å². The Morgan fingerprint density at radius 1 is 1.00 bits per heavy atom. The van der Waals surface area contributed by atoms with Gasteiger partial charge >= 0.3 is 0 Å². The zero-order valence-corrected chi connectivity index (χ0v) is 22.2. The lowest BCUT2D eigenvalue weighted by atomic mass is 10.1. The summed E-state index contributed by atoms with van der Waals surface area (Å²) >= 11 is 0. The molecule has 3 rings (SSSR count). The summed E-state index contributed by atoms with van der Waals surface area (Å²) in [6.45, 7) is 5.00. The highest BCUT2D eigenvalue weighted by atomic mass is 32.2. The van der Waals surface area contributed by atoms with E-state index < -0.39 is 33.4 Å². The Balaban J connectivity index is 2.05. The van der Waals surface area contributed by atoms with Crippen LogP contribution in [0.3, 0.4) is 0 Å². The molecule has 200 valence electrons. The summed E-state index contributed by atoms with van der Waals surface area (Å²) < 4.78 is 28.2. The summed E-state index contributed by atoms with van der Waals surface area (Å²) in [6.07, 6.45) is 0. The predicted molar refractivity (Wildman–Crippen MR) is 144 cm³/mol. The van der Waals surface area contributed by atoms with Gasteiger partial charge in [-0.3, -0.25) is 24.0 Å². The third-order valence-corrected chi connectivity index (χ3v) is 7.72. The van der Waals surface area contributed by atoms with Gasteiger partial charge in [0, 0.05) is 25.2 Å². The number of non-ortho nitro benzene ring substituents is 1. The standard InChI is InChI=1S/C27H30N4O6S/c1-4-28-27(33)21(3)29(18-22-15-13-20(2)14-16-22)26(32)19-30(23-9-8-10-24(17-23)31(34)35)38(36,37)25-11-6-5-7-12-25/h5-17,21H,4,18-19H2,1-3H3,(H,28,33)/t21-/m1/s1. The van der Waals surface area contributed by atoms with Gasteiger partial charge in [0.1, 0.15) is 12.6 Å². The highest BCUT2D eigenvalue weighted by Gasteiger charge is 2.32. The molecule has 0 unspecified atom stereocenters. The fourth-order valence-corrected chi connectivity index (χ4v) is 5.23. The molecule has 0 fully saturated rings. The van der Waals surface area contributed by atoms with Gasteiger partial charge in [0.15, 0.2) is 0 Å². The SMILES string of the molecule is CCNC(=O)[C@@H](C)N(Cc1ccc(C)cc1)C(=O)CN(c1cccc([N+](=O)[O-])c1)S(=O)(=O)c1ccccc1. The van der Waals surface area contributed by atoms with E-state index >= 15 is 0 Å². The topological polar surface area (TPSA) is 130 Å². The van der Waals surface area contributed by atoms with Gasteiger partial charge in [-0.15, -0.1) is 0 Å². The molecule has 38 heavy (non-hydrogen) atoms. The minimum Gasteiger partial charge on any atom is -0.355 e. The lowest BCUT2D eigenvalue weighted by Crippen LogP contribution is -2.51. The summed E-state index contributed by atoms with van der Waals surface area (Å²) in [4.78, 5) is 38.4. The monoisotopic (exact) mass is 538 g/mol. The van der Waals surface area contributed by atoms with Crippen LogP contribution >= 0.6 is 0 Å². The Bertz CT molecular complexity index is 1390. The number of nitro groups is 1. The highest BCUT2D eigenvalue weighted by molar-refractivity contribution is 7.92. The molecule has 0 radical (unpaired) electrons. The van der Waals surface area contributed by atoms with Crippen molar-refractivity contribution in [3.63, 3.8) is 0 Å². The van der Waals surface area contributed by atoms with Crippen molar-refractivity contribution in [2.24, 2.45) is 0 Å². The van der Waals surface area contributed by atoms with E-state index in [2.05, 4.69) is 5.32 Å². The summed E-state index contributed by atoms with van der Waals surface area (Å²) in [6, 6.07) is 19.1. The van der Waals surface area contributed by atoms with Gasteiger partial charge in [0.25, 0.3) is 15.7 Å². The maximum absolute atomic E-state index is 13.8. The number of rotatable bonds is 11. The van der Waals surface area contributed by atoms with E-state index in [4.69, 9.17) is 0 Å². The first-order valence-corrected chi connectivity index (χ1v) is 13.4. The molecule has 1 N–H and O–H groups in total. The number of anilines is 1. The van der Waals surface area contributed by atoms with Crippen molar-refractivity contribution in [1.82, 2.24) is 10.2 Å². The Morgan fingerprint density at radius 3 is 2.26 bits per heavy atom. The summed E-state index contributed by atoms with van der Waals surface area (Å²) in [5.74, 6) is -1.03. The maximum atomic E-state index is 13.8. The van der Waals surface area contributed by atoms with Crippen molar-refractivity contribution < 1.29 is 22.9 Å². The Hall–Kier alpha value is -4.25. The van der Waals surface area contributed by atoms with Gasteiger partial charge in [-0.2, -0.15) is 0 Å². The molecule has 11 heteroatoms. The second kappa shape index (κ2) is 12.3. The van der Waals surface area contributed by atoms with Crippen molar-refractivity contribution >= 4 is 33.2 Å². The van der Waals surface area contributed by atoms with Crippen molar-refractivity contribution in [3.8, 4) is 0 Å². The van der Waals surface area contributed by atoms with Crippen LogP contribution in [0.1, 0.15) is 25.0 Å². The number of nitrogens with zero attached hydrogens (tertiary/aromatic N) is 3. The molecule has 0 aliphatic rings. The largest absolute Gasteiger partial charge is 0.355 e. The lowest BCUT2D eigenvalue weighted by Gasteiger charge is -2.32. The summed E-state index contributed by atoms with van der Waals surface area (Å²) in [5, 5.41) is 14.1. The van der Waals surface area contributed by atoms with Crippen molar-refractivity contribution in [1.29, 1.82) is 0 Å². The molecule has 0 saturated heterocycles. The van der Waals surface area contributed by atoms with E-state index in [0.29, 0.717) is 6.54 Å². The first kappa shape index (κ1) is 28.3. The molecule has 2 amide bonds. The maximum Gasteiger partial charge on any atom is 0.271 e. The number of benzene rings is 3. The lowest BCUT2D eigenvalue weighted by molar-refractivity contribution is -0.384. The van der Waals surface area contributed by atoms with Crippen LogP contribution in [0.2, 0.25) is 0 Å². The number of sulfonamides is 1. The van der Waals surface area contributed by atoms with Crippen molar-refractivity contribution in [2.75, 3.05) is 17.4 Å². The van der Waals surface area contributed by atoms with Gasteiger partial charge in [0.2, 0.25) is 11.8 Å². The molecule has 3 aromatic carbocycles. The Labute approximate surface area is 222 Å². The second-order valence-corrected chi connectivity index (χ2v) is 10.5. The first-order chi connectivity index (χ1) is 18.0. The third-order valence-electron chi connectivity index (χ3n) is 5.93. The summed E-state index contributed by atoms with van der Waals surface area (Å²) in [5.41, 5.74) is 1.41. The molecule has 3 aromatic rings. The van der Waals surface area contributed by atoms with Crippen LogP contribution in [0.5, 0.6) is 0 Å². The average Bonchev–Trinajstić information content (AvgIpc) is 2.91. The number of hydrogen-bond acceptors (Lipinski definition) is 6. The highest BCUT2D eigenvalue weighted by Crippen LogP contribution is 2.27. The molecule has 0 aromatic heterocycles. The van der Waals surface area contributed by atoms with Crippen molar-refractivity contribution in [3.05, 3.63) is 100 Å². The predicted octanol–water partition coefficient (Wildman–Crippen LogP) is 3.65. The van der Waals surface area contributed by atoms with E-state index in [0.717, 1.165) is 21.5 Å². The van der Waals surface area contributed by atoms with Crippen LogP contribution in [-0.2, 0) is 26.2 Å². The molecule has 10 nitrogen and oxygen atoms in total.